The Labute approximate surface area is 107 Å². The molecule has 0 atom stereocenters. The van der Waals surface area contributed by atoms with Gasteiger partial charge in [0, 0.05) is 19.4 Å². The summed E-state index contributed by atoms with van der Waals surface area (Å²) in [5, 5.41) is 0. The van der Waals surface area contributed by atoms with Crippen LogP contribution < -0.4 is 0 Å². The van der Waals surface area contributed by atoms with Crippen molar-refractivity contribution in [3.8, 4) is 0 Å². The molecule has 0 saturated heterocycles. The molecular weight excluding hydrogens is 212 g/mol. The summed E-state index contributed by atoms with van der Waals surface area (Å²) >= 11 is 0. The fourth-order valence-electron chi connectivity index (χ4n) is 1.66. The van der Waals surface area contributed by atoms with Gasteiger partial charge in [-0.15, -0.1) is 0 Å². The van der Waals surface area contributed by atoms with Crippen LogP contribution in [0.15, 0.2) is 0 Å². The van der Waals surface area contributed by atoms with E-state index in [2.05, 4.69) is 41.5 Å². The molecule has 0 radical (unpaired) electrons. The normalized spacial score (nSPS) is 12.8. The lowest BCUT2D eigenvalue weighted by molar-refractivity contribution is -0.120. The number of hydrogen-bond acceptors (Lipinski definition) is 2. The van der Waals surface area contributed by atoms with Crippen molar-refractivity contribution in [3.63, 3.8) is 0 Å². The summed E-state index contributed by atoms with van der Waals surface area (Å²) < 4.78 is 5.63. The number of carbonyl (C=O) groups is 1. The summed E-state index contributed by atoms with van der Waals surface area (Å²) in [6.45, 7) is 13.3. The topological polar surface area (TPSA) is 26.3 Å². The first kappa shape index (κ1) is 16.6. The third-order valence-electron chi connectivity index (χ3n) is 2.36. The van der Waals surface area contributed by atoms with Crippen LogP contribution in [0.3, 0.4) is 0 Å². The molecule has 2 nitrogen and oxygen atoms in total. The standard InChI is InChI=1S/C15H30O2/c1-14(2,3)12-13(16)10-8-7-9-11-17-15(4,5)6/h7-12H2,1-6H3. The number of rotatable bonds is 7. The van der Waals surface area contributed by atoms with E-state index in [1.165, 1.54) is 0 Å². The Kier molecular flexibility index (Phi) is 6.99. The van der Waals surface area contributed by atoms with Crippen LogP contribution in [-0.2, 0) is 9.53 Å². The molecule has 0 rings (SSSR count). The van der Waals surface area contributed by atoms with E-state index >= 15 is 0 Å². The molecule has 0 aliphatic heterocycles. The first-order chi connectivity index (χ1) is 7.60. The highest BCUT2D eigenvalue weighted by atomic mass is 16.5. The van der Waals surface area contributed by atoms with Crippen molar-refractivity contribution in [2.45, 2.75) is 79.2 Å². The van der Waals surface area contributed by atoms with Crippen LogP contribution in [0.2, 0.25) is 0 Å². The van der Waals surface area contributed by atoms with Crippen LogP contribution in [0.5, 0.6) is 0 Å². The molecule has 0 aromatic heterocycles. The second kappa shape index (κ2) is 7.15. The van der Waals surface area contributed by atoms with E-state index in [0.717, 1.165) is 32.3 Å². The molecule has 0 N–H and O–H groups in total. The minimum absolute atomic E-state index is 0.0396. The Balaban J connectivity index is 3.44. The second-order valence-corrected chi connectivity index (χ2v) is 7.05. The number of hydrogen-bond donors (Lipinski definition) is 0. The maximum Gasteiger partial charge on any atom is 0.133 e. The monoisotopic (exact) mass is 242 g/mol. The van der Waals surface area contributed by atoms with Crippen molar-refractivity contribution in [1.29, 1.82) is 0 Å². The Morgan fingerprint density at radius 2 is 1.53 bits per heavy atom. The summed E-state index contributed by atoms with van der Waals surface area (Å²) in [6.07, 6.45) is 4.58. The zero-order valence-electron chi connectivity index (χ0n) is 12.6. The van der Waals surface area contributed by atoms with E-state index in [-0.39, 0.29) is 11.0 Å². The zero-order chi connectivity index (χ0) is 13.5. The molecule has 0 aliphatic carbocycles. The number of carbonyl (C=O) groups excluding carboxylic acids is 1. The third-order valence-corrected chi connectivity index (χ3v) is 2.36. The van der Waals surface area contributed by atoms with Gasteiger partial charge in [-0.2, -0.15) is 0 Å². The molecule has 0 aromatic rings. The van der Waals surface area contributed by atoms with Gasteiger partial charge in [-0.1, -0.05) is 27.2 Å². The lowest BCUT2D eigenvalue weighted by atomic mass is 9.88. The van der Waals surface area contributed by atoms with Crippen molar-refractivity contribution in [2.24, 2.45) is 5.41 Å². The van der Waals surface area contributed by atoms with Crippen LogP contribution >= 0.6 is 0 Å². The number of unbranched alkanes of at least 4 members (excludes halogenated alkanes) is 2. The lowest BCUT2D eigenvalue weighted by Gasteiger charge is -2.19. The molecule has 0 saturated carbocycles. The van der Waals surface area contributed by atoms with Gasteiger partial charge in [-0.25, -0.2) is 0 Å². The average molecular weight is 242 g/mol. The fraction of sp³-hybridized carbons (Fsp3) is 0.933. The SMILES string of the molecule is CC(C)(C)CC(=O)CCCCCOC(C)(C)C. The molecule has 0 fully saturated rings. The predicted molar refractivity (Wildman–Crippen MR) is 73.3 cm³/mol. The van der Waals surface area contributed by atoms with Crippen LogP contribution in [-0.4, -0.2) is 18.0 Å². The van der Waals surface area contributed by atoms with Gasteiger partial charge in [0.15, 0.2) is 0 Å². The minimum Gasteiger partial charge on any atom is -0.376 e. The van der Waals surface area contributed by atoms with E-state index in [1.807, 2.05) is 0 Å². The molecular formula is C15H30O2. The molecule has 0 spiro atoms. The summed E-state index contributed by atoms with van der Waals surface area (Å²) in [5.41, 5.74) is 0.0917. The molecule has 102 valence electrons. The summed E-state index contributed by atoms with van der Waals surface area (Å²) in [5.74, 6) is 0.397. The molecule has 0 amide bonds. The lowest BCUT2D eigenvalue weighted by Crippen LogP contribution is -2.19. The predicted octanol–water partition coefficient (Wildman–Crippen LogP) is 4.37. The number of ether oxygens (including phenoxy) is 1. The second-order valence-electron chi connectivity index (χ2n) is 7.05. The summed E-state index contributed by atoms with van der Waals surface area (Å²) in [4.78, 5) is 11.6. The van der Waals surface area contributed by atoms with Crippen molar-refractivity contribution >= 4 is 5.78 Å². The molecule has 0 aliphatic rings. The van der Waals surface area contributed by atoms with Gasteiger partial charge in [0.2, 0.25) is 0 Å². The van der Waals surface area contributed by atoms with Gasteiger partial charge in [-0.05, 0) is 39.0 Å². The first-order valence-electron chi connectivity index (χ1n) is 6.76. The fourth-order valence-corrected chi connectivity index (χ4v) is 1.66. The third kappa shape index (κ3) is 13.6. The first-order valence-corrected chi connectivity index (χ1v) is 6.76. The van der Waals surface area contributed by atoms with Gasteiger partial charge in [0.1, 0.15) is 5.78 Å². The van der Waals surface area contributed by atoms with E-state index in [1.54, 1.807) is 0 Å². The molecule has 0 bridgehead atoms. The van der Waals surface area contributed by atoms with Gasteiger partial charge in [0.05, 0.1) is 5.60 Å². The van der Waals surface area contributed by atoms with E-state index in [9.17, 15) is 4.79 Å². The molecule has 0 unspecified atom stereocenters. The summed E-state index contributed by atoms with van der Waals surface area (Å²) in [7, 11) is 0. The maximum absolute atomic E-state index is 11.6. The Hall–Kier alpha value is -0.370. The molecule has 0 heterocycles. The van der Waals surface area contributed by atoms with E-state index in [4.69, 9.17) is 4.74 Å². The van der Waals surface area contributed by atoms with Gasteiger partial charge < -0.3 is 4.74 Å². The Morgan fingerprint density at radius 3 is 2.00 bits per heavy atom. The van der Waals surface area contributed by atoms with Gasteiger partial charge in [-0.3, -0.25) is 4.79 Å². The van der Waals surface area contributed by atoms with Crippen molar-refractivity contribution < 1.29 is 9.53 Å². The Morgan fingerprint density at radius 1 is 0.941 bits per heavy atom. The van der Waals surface area contributed by atoms with E-state index in [0.29, 0.717) is 12.2 Å². The van der Waals surface area contributed by atoms with Crippen LogP contribution in [0.1, 0.15) is 73.6 Å². The zero-order valence-corrected chi connectivity index (χ0v) is 12.6. The molecule has 17 heavy (non-hydrogen) atoms. The van der Waals surface area contributed by atoms with Crippen LogP contribution in [0.4, 0.5) is 0 Å². The molecule has 0 aromatic carbocycles. The Bertz CT molecular complexity index is 218. The van der Waals surface area contributed by atoms with Crippen molar-refractivity contribution in [2.75, 3.05) is 6.61 Å². The van der Waals surface area contributed by atoms with Crippen molar-refractivity contribution in [3.05, 3.63) is 0 Å². The highest BCUT2D eigenvalue weighted by molar-refractivity contribution is 5.78. The molecule has 2 heteroatoms. The van der Waals surface area contributed by atoms with Gasteiger partial charge >= 0.3 is 0 Å². The highest BCUT2D eigenvalue weighted by Gasteiger charge is 2.15. The van der Waals surface area contributed by atoms with Crippen molar-refractivity contribution in [1.82, 2.24) is 0 Å². The average Bonchev–Trinajstić information content (AvgIpc) is 2.06. The smallest absolute Gasteiger partial charge is 0.133 e. The maximum atomic E-state index is 11.6. The number of ketones is 1. The number of Topliss-reactive ketones (excluding diaryl/α,β-unsaturated/α-hetero) is 1. The van der Waals surface area contributed by atoms with Crippen LogP contribution in [0.25, 0.3) is 0 Å². The van der Waals surface area contributed by atoms with Gasteiger partial charge in [0.25, 0.3) is 0 Å². The summed E-state index contributed by atoms with van der Waals surface area (Å²) in [6, 6.07) is 0. The van der Waals surface area contributed by atoms with E-state index < -0.39 is 0 Å². The quantitative estimate of drug-likeness (QED) is 0.620. The van der Waals surface area contributed by atoms with Crippen LogP contribution in [0, 0.1) is 5.41 Å². The minimum atomic E-state index is -0.0396. The highest BCUT2D eigenvalue weighted by Crippen LogP contribution is 2.20. The largest absolute Gasteiger partial charge is 0.376 e.